The second-order valence-corrected chi connectivity index (χ2v) is 8.44. The van der Waals surface area contributed by atoms with E-state index < -0.39 is 9.84 Å². The highest BCUT2D eigenvalue weighted by atomic mass is 79.9. The van der Waals surface area contributed by atoms with Gasteiger partial charge in [-0.2, -0.15) is 0 Å². The first-order valence-electron chi connectivity index (χ1n) is 5.25. The van der Waals surface area contributed by atoms with Gasteiger partial charge < -0.3 is 0 Å². The molecule has 0 fully saturated rings. The molecule has 0 atom stereocenters. The molecule has 2 aromatic rings. The molecular formula is C12H12BrNO2S2. The van der Waals surface area contributed by atoms with Crippen LogP contribution in [0.2, 0.25) is 0 Å². The van der Waals surface area contributed by atoms with Crippen molar-refractivity contribution in [3.63, 3.8) is 0 Å². The molecule has 18 heavy (non-hydrogen) atoms. The minimum atomic E-state index is -3.03. The van der Waals surface area contributed by atoms with E-state index in [0.29, 0.717) is 5.01 Å². The zero-order valence-corrected chi connectivity index (χ0v) is 13.2. The van der Waals surface area contributed by atoms with Gasteiger partial charge in [0.1, 0.15) is 10.8 Å². The molecule has 1 aromatic heterocycles. The van der Waals surface area contributed by atoms with Gasteiger partial charge in [0.05, 0.1) is 5.69 Å². The van der Waals surface area contributed by atoms with Crippen LogP contribution in [0.15, 0.2) is 28.7 Å². The van der Waals surface area contributed by atoms with E-state index in [1.807, 2.05) is 31.2 Å². The summed E-state index contributed by atoms with van der Waals surface area (Å²) in [6.07, 6.45) is 1.22. The molecular weight excluding hydrogens is 334 g/mol. The van der Waals surface area contributed by atoms with E-state index in [0.717, 1.165) is 20.6 Å². The van der Waals surface area contributed by atoms with E-state index >= 15 is 0 Å². The van der Waals surface area contributed by atoms with Crippen LogP contribution >= 0.6 is 27.3 Å². The summed E-state index contributed by atoms with van der Waals surface area (Å²) in [5.41, 5.74) is 1.86. The number of halogens is 1. The summed E-state index contributed by atoms with van der Waals surface area (Å²) in [7, 11) is -3.03. The molecule has 0 spiro atoms. The van der Waals surface area contributed by atoms with E-state index in [1.54, 1.807) is 0 Å². The Labute approximate surface area is 119 Å². The Balaban J connectivity index is 2.41. The summed E-state index contributed by atoms with van der Waals surface area (Å²) >= 11 is 4.86. The predicted molar refractivity (Wildman–Crippen MR) is 78.5 cm³/mol. The van der Waals surface area contributed by atoms with Gasteiger partial charge in [-0.1, -0.05) is 28.1 Å². The quantitative estimate of drug-likeness (QED) is 0.856. The SMILES string of the molecule is Cc1sc(CS(C)(=O)=O)nc1-c1cccc(Br)c1. The Bertz CT molecular complexity index is 677. The average molecular weight is 346 g/mol. The van der Waals surface area contributed by atoms with Gasteiger partial charge in [0, 0.05) is 21.2 Å². The van der Waals surface area contributed by atoms with E-state index in [4.69, 9.17) is 0 Å². The Morgan fingerprint density at radius 1 is 1.39 bits per heavy atom. The van der Waals surface area contributed by atoms with Crippen molar-refractivity contribution >= 4 is 37.1 Å². The molecule has 96 valence electrons. The summed E-state index contributed by atoms with van der Waals surface area (Å²) in [6, 6.07) is 7.83. The van der Waals surface area contributed by atoms with Crippen molar-refractivity contribution in [1.82, 2.24) is 4.98 Å². The maximum Gasteiger partial charge on any atom is 0.153 e. The fourth-order valence-electron chi connectivity index (χ4n) is 1.64. The van der Waals surface area contributed by atoms with Crippen molar-refractivity contribution in [1.29, 1.82) is 0 Å². The first-order valence-corrected chi connectivity index (χ1v) is 8.92. The summed E-state index contributed by atoms with van der Waals surface area (Å²) in [5.74, 6) is 0.00646. The average Bonchev–Trinajstić information content (AvgIpc) is 2.56. The minimum absolute atomic E-state index is 0.00646. The molecule has 0 aliphatic carbocycles. The standard InChI is InChI=1S/C12H12BrNO2S2/c1-8-12(9-4-3-5-10(13)6-9)14-11(17-8)7-18(2,15)16/h3-6H,7H2,1-2H3. The molecule has 0 saturated heterocycles. The van der Waals surface area contributed by atoms with Crippen LogP contribution < -0.4 is 0 Å². The van der Waals surface area contributed by atoms with E-state index in [-0.39, 0.29) is 5.75 Å². The van der Waals surface area contributed by atoms with Crippen molar-refractivity contribution in [3.05, 3.63) is 38.6 Å². The molecule has 0 N–H and O–H groups in total. The lowest BCUT2D eigenvalue weighted by atomic mass is 10.1. The molecule has 6 heteroatoms. The van der Waals surface area contributed by atoms with Crippen molar-refractivity contribution in [2.24, 2.45) is 0 Å². The number of benzene rings is 1. The maximum absolute atomic E-state index is 11.3. The predicted octanol–water partition coefficient (Wildman–Crippen LogP) is 3.43. The van der Waals surface area contributed by atoms with Gasteiger partial charge >= 0.3 is 0 Å². The Morgan fingerprint density at radius 2 is 2.11 bits per heavy atom. The van der Waals surface area contributed by atoms with Crippen molar-refractivity contribution in [3.8, 4) is 11.3 Å². The molecule has 0 aliphatic heterocycles. The summed E-state index contributed by atoms with van der Waals surface area (Å²) in [4.78, 5) is 5.46. The van der Waals surface area contributed by atoms with Gasteiger partial charge in [0.15, 0.2) is 9.84 Å². The number of sulfone groups is 1. The lowest BCUT2D eigenvalue weighted by molar-refractivity contribution is 0.601. The number of hydrogen-bond donors (Lipinski definition) is 0. The smallest absolute Gasteiger partial charge is 0.153 e. The maximum atomic E-state index is 11.3. The molecule has 0 saturated carbocycles. The Hall–Kier alpha value is -0.720. The summed E-state index contributed by atoms with van der Waals surface area (Å²) in [6.45, 7) is 1.96. The van der Waals surface area contributed by atoms with Crippen molar-refractivity contribution < 1.29 is 8.42 Å². The second kappa shape index (κ2) is 5.11. The van der Waals surface area contributed by atoms with Gasteiger partial charge in [0.25, 0.3) is 0 Å². The number of hydrogen-bond acceptors (Lipinski definition) is 4. The van der Waals surface area contributed by atoms with Crippen LogP contribution in [0, 0.1) is 6.92 Å². The van der Waals surface area contributed by atoms with E-state index in [2.05, 4.69) is 20.9 Å². The van der Waals surface area contributed by atoms with Gasteiger partial charge in [-0.3, -0.25) is 0 Å². The molecule has 0 amide bonds. The Morgan fingerprint density at radius 3 is 2.72 bits per heavy atom. The Kier molecular flexibility index (Phi) is 3.89. The summed E-state index contributed by atoms with van der Waals surface area (Å²) < 4.78 is 23.5. The van der Waals surface area contributed by atoms with Crippen LogP contribution in [-0.2, 0) is 15.6 Å². The molecule has 1 aromatic carbocycles. The van der Waals surface area contributed by atoms with Crippen LogP contribution in [-0.4, -0.2) is 19.7 Å². The molecule has 0 bridgehead atoms. The minimum Gasteiger partial charge on any atom is -0.240 e. The van der Waals surface area contributed by atoms with Gasteiger partial charge in [0.2, 0.25) is 0 Å². The summed E-state index contributed by atoms with van der Waals surface area (Å²) in [5, 5.41) is 0.643. The number of aryl methyl sites for hydroxylation is 1. The number of rotatable bonds is 3. The van der Waals surface area contributed by atoms with Crippen LogP contribution in [0.25, 0.3) is 11.3 Å². The zero-order chi connectivity index (χ0) is 13.3. The highest BCUT2D eigenvalue weighted by Gasteiger charge is 2.13. The van der Waals surface area contributed by atoms with Crippen molar-refractivity contribution in [2.75, 3.05) is 6.26 Å². The third-order valence-corrected chi connectivity index (χ3v) is 4.77. The van der Waals surface area contributed by atoms with Crippen molar-refractivity contribution in [2.45, 2.75) is 12.7 Å². The zero-order valence-electron chi connectivity index (χ0n) is 9.97. The molecule has 0 aliphatic rings. The van der Waals surface area contributed by atoms with Crippen LogP contribution in [0.5, 0.6) is 0 Å². The fourth-order valence-corrected chi connectivity index (χ4v) is 4.18. The number of thiazole rings is 1. The number of nitrogens with zero attached hydrogens (tertiary/aromatic N) is 1. The molecule has 0 radical (unpaired) electrons. The van der Waals surface area contributed by atoms with Crippen LogP contribution in [0.1, 0.15) is 9.88 Å². The first kappa shape index (κ1) is 13.7. The lowest BCUT2D eigenvalue weighted by Gasteiger charge is -1.99. The molecule has 2 rings (SSSR count). The lowest BCUT2D eigenvalue weighted by Crippen LogP contribution is -1.99. The highest BCUT2D eigenvalue weighted by Crippen LogP contribution is 2.29. The molecule has 3 nitrogen and oxygen atoms in total. The van der Waals surface area contributed by atoms with Gasteiger partial charge in [-0.05, 0) is 19.1 Å². The van der Waals surface area contributed by atoms with Crippen LogP contribution in [0.3, 0.4) is 0 Å². The number of aromatic nitrogens is 1. The van der Waals surface area contributed by atoms with E-state index in [9.17, 15) is 8.42 Å². The molecule has 1 heterocycles. The van der Waals surface area contributed by atoms with Gasteiger partial charge in [-0.25, -0.2) is 13.4 Å². The second-order valence-electron chi connectivity index (χ2n) is 4.09. The third kappa shape index (κ3) is 3.40. The third-order valence-electron chi connectivity index (χ3n) is 2.32. The topological polar surface area (TPSA) is 47.0 Å². The van der Waals surface area contributed by atoms with Gasteiger partial charge in [-0.15, -0.1) is 11.3 Å². The fraction of sp³-hybridized carbons (Fsp3) is 0.250. The normalized spacial score (nSPS) is 11.7. The first-order chi connectivity index (χ1) is 8.35. The highest BCUT2D eigenvalue weighted by molar-refractivity contribution is 9.10. The largest absolute Gasteiger partial charge is 0.240 e. The molecule has 0 unspecified atom stereocenters. The van der Waals surface area contributed by atoms with E-state index in [1.165, 1.54) is 17.6 Å². The van der Waals surface area contributed by atoms with Crippen LogP contribution in [0.4, 0.5) is 0 Å². The monoisotopic (exact) mass is 345 g/mol.